The number of benzene rings is 1. The molecule has 0 bridgehead atoms. The van der Waals surface area contributed by atoms with Crippen molar-refractivity contribution < 1.29 is 14.0 Å². The molecule has 6 nitrogen and oxygen atoms in total. The van der Waals surface area contributed by atoms with Gasteiger partial charge in [0, 0.05) is 24.3 Å². The van der Waals surface area contributed by atoms with Gasteiger partial charge in [0.15, 0.2) is 5.76 Å². The van der Waals surface area contributed by atoms with Crippen molar-refractivity contribution in [1.29, 1.82) is 0 Å². The Bertz CT molecular complexity index is 859. The van der Waals surface area contributed by atoms with Crippen molar-refractivity contribution in [3.05, 3.63) is 53.5 Å². The van der Waals surface area contributed by atoms with Crippen LogP contribution in [0, 0.1) is 5.41 Å². The van der Waals surface area contributed by atoms with Gasteiger partial charge in [-0.15, -0.1) is 0 Å². The summed E-state index contributed by atoms with van der Waals surface area (Å²) in [5.74, 6) is 0.244. The smallest absolute Gasteiger partial charge is 0.289 e. The zero-order chi connectivity index (χ0) is 18.3. The molecule has 26 heavy (non-hydrogen) atoms. The van der Waals surface area contributed by atoms with Crippen molar-refractivity contribution in [1.82, 2.24) is 4.90 Å². The van der Waals surface area contributed by atoms with Crippen LogP contribution >= 0.6 is 0 Å². The Hall–Kier alpha value is -2.60. The van der Waals surface area contributed by atoms with Crippen LogP contribution in [0.1, 0.15) is 35.0 Å². The van der Waals surface area contributed by atoms with E-state index in [0.29, 0.717) is 38.4 Å². The van der Waals surface area contributed by atoms with E-state index in [4.69, 9.17) is 10.2 Å². The molecule has 4 rings (SSSR count). The highest BCUT2D eigenvalue weighted by Gasteiger charge is 2.37. The first-order valence-corrected chi connectivity index (χ1v) is 8.95. The fourth-order valence-electron chi connectivity index (χ4n) is 3.82. The van der Waals surface area contributed by atoms with E-state index in [1.807, 2.05) is 24.3 Å². The Morgan fingerprint density at radius 2 is 2.12 bits per heavy atom. The fraction of sp³-hybridized carbons (Fsp3) is 0.400. The summed E-state index contributed by atoms with van der Waals surface area (Å²) in [7, 11) is 0. The number of nitrogens with two attached hydrogens (primary N) is 1. The molecule has 1 aromatic heterocycles. The third kappa shape index (κ3) is 2.80. The van der Waals surface area contributed by atoms with E-state index in [9.17, 15) is 9.59 Å². The van der Waals surface area contributed by atoms with E-state index in [2.05, 4.69) is 6.92 Å². The number of furan rings is 1. The Morgan fingerprint density at radius 1 is 1.31 bits per heavy atom. The highest BCUT2D eigenvalue weighted by molar-refractivity contribution is 6.01. The van der Waals surface area contributed by atoms with E-state index < -0.39 is 0 Å². The van der Waals surface area contributed by atoms with Crippen LogP contribution in [-0.4, -0.2) is 36.3 Å². The van der Waals surface area contributed by atoms with Crippen molar-refractivity contribution in [3.8, 4) is 0 Å². The Morgan fingerprint density at radius 3 is 2.88 bits per heavy atom. The summed E-state index contributed by atoms with van der Waals surface area (Å²) in [5, 5.41) is 0. The zero-order valence-corrected chi connectivity index (χ0v) is 14.9. The summed E-state index contributed by atoms with van der Waals surface area (Å²) < 4.78 is 5.51. The number of anilines is 1. The summed E-state index contributed by atoms with van der Waals surface area (Å²) >= 11 is 0. The van der Waals surface area contributed by atoms with Crippen LogP contribution in [0.5, 0.6) is 0 Å². The number of hydrogen-bond acceptors (Lipinski definition) is 4. The number of nitrogens with zero attached hydrogens (tertiary/aromatic N) is 2. The molecular formula is C20H23N3O3. The predicted octanol–water partition coefficient (Wildman–Crippen LogP) is 2.18. The van der Waals surface area contributed by atoms with Gasteiger partial charge in [-0.25, -0.2) is 0 Å². The van der Waals surface area contributed by atoms with Crippen molar-refractivity contribution in [2.24, 2.45) is 11.1 Å². The second-order valence-corrected chi connectivity index (χ2v) is 7.55. The van der Waals surface area contributed by atoms with Gasteiger partial charge >= 0.3 is 0 Å². The summed E-state index contributed by atoms with van der Waals surface area (Å²) in [4.78, 5) is 28.9. The molecule has 0 saturated carbocycles. The summed E-state index contributed by atoms with van der Waals surface area (Å²) in [5.41, 5.74) is 8.48. The van der Waals surface area contributed by atoms with Gasteiger partial charge < -0.3 is 20.0 Å². The normalized spacial score (nSPS) is 22.2. The molecule has 0 radical (unpaired) electrons. The van der Waals surface area contributed by atoms with E-state index in [1.54, 1.807) is 15.9 Å². The lowest BCUT2D eigenvalue weighted by Crippen LogP contribution is -2.35. The van der Waals surface area contributed by atoms with E-state index in [1.165, 1.54) is 6.26 Å². The van der Waals surface area contributed by atoms with Gasteiger partial charge in [0.1, 0.15) is 0 Å². The molecule has 0 spiro atoms. The summed E-state index contributed by atoms with van der Waals surface area (Å²) in [6.07, 6.45) is 2.81. The van der Waals surface area contributed by atoms with Crippen LogP contribution in [0.2, 0.25) is 0 Å². The lowest BCUT2D eigenvalue weighted by molar-refractivity contribution is -0.117. The number of likely N-dealkylation sites (tertiary alicyclic amines) is 1. The lowest BCUT2D eigenvalue weighted by atomic mass is 9.90. The van der Waals surface area contributed by atoms with Gasteiger partial charge in [0.05, 0.1) is 19.2 Å². The predicted molar refractivity (Wildman–Crippen MR) is 97.7 cm³/mol. The first-order chi connectivity index (χ1) is 12.5. The molecule has 136 valence electrons. The SMILES string of the molecule is CC1(CN)CCN(C(=O)c2occc2CN2C(=O)Cc3ccccc32)C1. The second-order valence-electron chi connectivity index (χ2n) is 7.55. The fourth-order valence-corrected chi connectivity index (χ4v) is 3.82. The van der Waals surface area contributed by atoms with Gasteiger partial charge in [0.25, 0.3) is 5.91 Å². The molecule has 1 aromatic carbocycles. The molecule has 2 aromatic rings. The molecular weight excluding hydrogens is 330 g/mol. The molecule has 6 heteroatoms. The minimum Gasteiger partial charge on any atom is -0.459 e. The Balaban J connectivity index is 1.55. The summed E-state index contributed by atoms with van der Waals surface area (Å²) in [6.45, 7) is 4.31. The number of para-hydroxylation sites is 1. The monoisotopic (exact) mass is 353 g/mol. The molecule has 2 aliphatic heterocycles. The molecule has 2 aliphatic rings. The molecule has 1 unspecified atom stereocenters. The van der Waals surface area contributed by atoms with Crippen LogP contribution in [0.3, 0.4) is 0 Å². The summed E-state index contributed by atoms with van der Waals surface area (Å²) in [6, 6.07) is 9.54. The molecule has 1 atom stereocenters. The van der Waals surface area contributed by atoms with Crippen LogP contribution in [0.25, 0.3) is 0 Å². The molecule has 3 heterocycles. The number of rotatable bonds is 4. The van der Waals surface area contributed by atoms with E-state index in [0.717, 1.165) is 23.2 Å². The molecule has 1 saturated heterocycles. The number of carbonyl (C=O) groups excluding carboxylic acids is 2. The second kappa shape index (κ2) is 6.29. The van der Waals surface area contributed by atoms with E-state index in [-0.39, 0.29) is 17.2 Å². The molecule has 2 N–H and O–H groups in total. The van der Waals surface area contributed by atoms with Crippen molar-refractivity contribution in [2.75, 3.05) is 24.5 Å². The average molecular weight is 353 g/mol. The maximum atomic E-state index is 12.9. The zero-order valence-electron chi connectivity index (χ0n) is 14.9. The van der Waals surface area contributed by atoms with Gasteiger partial charge in [-0.05, 0) is 36.1 Å². The van der Waals surface area contributed by atoms with E-state index >= 15 is 0 Å². The van der Waals surface area contributed by atoms with Crippen molar-refractivity contribution in [3.63, 3.8) is 0 Å². The minimum atomic E-state index is -0.123. The van der Waals surface area contributed by atoms with Gasteiger partial charge in [0.2, 0.25) is 5.91 Å². The van der Waals surface area contributed by atoms with Gasteiger partial charge in [-0.1, -0.05) is 25.1 Å². The molecule has 0 aliphatic carbocycles. The minimum absolute atomic E-state index is 0.0354. The highest BCUT2D eigenvalue weighted by Crippen LogP contribution is 2.32. The number of fused-ring (bicyclic) bond motifs is 1. The Kier molecular flexibility index (Phi) is 4.07. The molecule has 1 fully saturated rings. The van der Waals surface area contributed by atoms with Gasteiger partial charge in [-0.3, -0.25) is 9.59 Å². The topological polar surface area (TPSA) is 79.8 Å². The maximum Gasteiger partial charge on any atom is 0.289 e. The number of hydrogen-bond donors (Lipinski definition) is 1. The van der Waals surface area contributed by atoms with Gasteiger partial charge in [-0.2, -0.15) is 0 Å². The van der Waals surface area contributed by atoms with Crippen LogP contribution in [0.15, 0.2) is 41.0 Å². The number of amides is 2. The van der Waals surface area contributed by atoms with Crippen molar-refractivity contribution in [2.45, 2.75) is 26.3 Å². The first-order valence-electron chi connectivity index (χ1n) is 8.95. The molecule has 2 amide bonds. The maximum absolute atomic E-state index is 12.9. The van der Waals surface area contributed by atoms with Crippen LogP contribution in [0.4, 0.5) is 5.69 Å². The van der Waals surface area contributed by atoms with Crippen LogP contribution < -0.4 is 10.6 Å². The van der Waals surface area contributed by atoms with Crippen molar-refractivity contribution >= 4 is 17.5 Å². The highest BCUT2D eigenvalue weighted by atomic mass is 16.3. The average Bonchev–Trinajstić information content (AvgIpc) is 3.34. The third-order valence-electron chi connectivity index (χ3n) is 5.53. The quantitative estimate of drug-likeness (QED) is 0.914. The number of carbonyl (C=O) groups is 2. The van der Waals surface area contributed by atoms with Crippen LogP contribution in [-0.2, 0) is 17.8 Å². The largest absolute Gasteiger partial charge is 0.459 e. The lowest BCUT2D eigenvalue weighted by Gasteiger charge is -2.22. The first kappa shape index (κ1) is 16.8. The Labute approximate surface area is 152 Å². The standard InChI is InChI=1S/C20H23N3O3/c1-20(12-21)7-8-22(13-20)19(25)18-15(6-9-26-18)11-23-16-5-3-2-4-14(16)10-17(23)24/h2-6,9H,7-8,10-13,21H2,1H3. The third-order valence-corrected chi connectivity index (χ3v) is 5.53.